The van der Waals surface area contributed by atoms with Gasteiger partial charge in [0, 0.05) is 21.0 Å². The van der Waals surface area contributed by atoms with Crippen molar-refractivity contribution in [3.05, 3.63) is 70.2 Å². The highest BCUT2D eigenvalue weighted by Crippen LogP contribution is 2.59. The van der Waals surface area contributed by atoms with Crippen molar-refractivity contribution in [2.45, 2.75) is 107 Å². The van der Waals surface area contributed by atoms with Crippen molar-refractivity contribution >= 4 is 25.8 Å². The topological polar surface area (TPSA) is 34.1 Å². The summed E-state index contributed by atoms with van der Waals surface area (Å²) < 4.78 is 28.3. The third-order valence-corrected chi connectivity index (χ3v) is 11.9. The summed E-state index contributed by atoms with van der Waals surface area (Å²) in [6, 6.07) is 18.9. The Morgan fingerprint density at radius 3 is 1.92 bits per heavy atom. The Morgan fingerprint density at radius 1 is 0.692 bits per heavy atom. The van der Waals surface area contributed by atoms with Crippen LogP contribution in [0.4, 0.5) is 0 Å². The van der Waals surface area contributed by atoms with Gasteiger partial charge in [-0.2, -0.15) is 0 Å². The molecule has 1 heterocycles. The Kier molecular flexibility index (Phi) is 8.46. The zero-order chi connectivity index (χ0) is 27.8. The SMILES string of the molecule is CCCCC(CC)CC1(CC(CC)CCCC)c2ccccc2-c2cc3c(cc21)-c1ccc(Br)cc1S3(=O)=O. The van der Waals surface area contributed by atoms with Gasteiger partial charge >= 0.3 is 0 Å². The molecule has 0 radical (unpaired) electrons. The van der Waals surface area contributed by atoms with E-state index in [1.54, 1.807) is 6.07 Å². The maximum Gasteiger partial charge on any atom is 0.207 e. The maximum atomic E-state index is 13.8. The summed E-state index contributed by atoms with van der Waals surface area (Å²) in [6.45, 7) is 9.29. The van der Waals surface area contributed by atoms with Crippen LogP contribution in [0.5, 0.6) is 0 Å². The molecule has 2 aliphatic rings. The minimum absolute atomic E-state index is 0.0916. The van der Waals surface area contributed by atoms with Crippen LogP contribution in [0.25, 0.3) is 22.3 Å². The van der Waals surface area contributed by atoms with Gasteiger partial charge in [-0.1, -0.05) is 125 Å². The molecule has 2 nitrogen and oxygen atoms in total. The second-order valence-corrected chi connectivity index (χ2v) is 14.7. The molecule has 1 aliphatic carbocycles. The predicted molar refractivity (Wildman–Crippen MR) is 167 cm³/mol. The predicted octanol–water partition coefficient (Wildman–Crippen LogP) is 10.7. The fourth-order valence-electron chi connectivity index (χ4n) is 7.37. The van der Waals surface area contributed by atoms with Crippen molar-refractivity contribution < 1.29 is 8.42 Å². The number of rotatable bonds is 12. The smallest absolute Gasteiger partial charge is 0.207 e. The molecule has 5 rings (SSSR count). The van der Waals surface area contributed by atoms with Gasteiger partial charge in [-0.05, 0) is 71.2 Å². The van der Waals surface area contributed by atoms with Crippen LogP contribution in [0, 0.1) is 11.8 Å². The Labute approximate surface area is 244 Å². The van der Waals surface area contributed by atoms with Crippen LogP contribution in [0.3, 0.4) is 0 Å². The highest BCUT2D eigenvalue weighted by Gasteiger charge is 2.47. The molecule has 0 bridgehead atoms. The summed E-state index contributed by atoms with van der Waals surface area (Å²) in [7, 11) is -3.56. The summed E-state index contributed by atoms with van der Waals surface area (Å²) in [4.78, 5) is 0.897. The fourth-order valence-corrected chi connectivity index (χ4v) is 9.60. The van der Waals surface area contributed by atoms with Gasteiger partial charge < -0.3 is 0 Å². The Bertz CT molecular complexity index is 1440. The van der Waals surface area contributed by atoms with Gasteiger partial charge in [0.15, 0.2) is 0 Å². The summed E-state index contributed by atoms with van der Waals surface area (Å²) in [6.07, 6.45) is 12.1. The molecule has 3 aromatic rings. The summed E-state index contributed by atoms with van der Waals surface area (Å²) in [5, 5.41) is 0. The van der Waals surface area contributed by atoms with Crippen molar-refractivity contribution in [3.8, 4) is 22.3 Å². The quantitative estimate of drug-likeness (QED) is 0.161. The molecule has 2 unspecified atom stereocenters. The number of sulfone groups is 1. The fraction of sp³-hybridized carbons (Fsp3) is 0.486. The van der Waals surface area contributed by atoms with E-state index in [1.165, 1.54) is 68.1 Å². The van der Waals surface area contributed by atoms with E-state index >= 15 is 0 Å². The largest absolute Gasteiger partial charge is 0.218 e. The first-order valence-corrected chi connectivity index (χ1v) is 17.4. The molecule has 0 N–H and O–H groups in total. The molecular weight excluding hydrogens is 564 g/mol. The lowest BCUT2D eigenvalue weighted by Gasteiger charge is -2.39. The highest BCUT2D eigenvalue weighted by atomic mass is 79.9. The molecule has 0 aromatic heterocycles. The van der Waals surface area contributed by atoms with E-state index < -0.39 is 9.84 Å². The Morgan fingerprint density at radius 2 is 1.31 bits per heavy atom. The first kappa shape index (κ1) is 28.6. The van der Waals surface area contributed by atoms with E-state index in [0.717, 1.165) is 34.0 Å². The van der Waals surface area contributed by atoms with Crippen LogP contribution in [0.1, 0.15) is 103 Å². The van der Waals surface area contributed by atoms with Crippen LogP contribution in [0.2, 0.25) is 0 Å². The molecule has 4 heteroatoms. The van der Waals surface area contributed by atoms with E-state index in [1.807, 2.05) is 18.2 Å². The van der Waals surface area contributed by atoms with Crippen LogP contribution < -0.4 is 0 Å². The first-order valence-electron chi connectivity index (χ1n) is 15.1. The summed E-state index contributed by atoms with van der Waals surface area (Å²) >= 11 is 3.50. The lowest BCUT2D eigenvalue weighted by molar-refractivity contribution is 0.266. The molecule has 3 aromatic carbocycles. The molecule has 0 saturated heterocycles. The number of unbranched alkanes of at least 4 members (excludes halogenated alkanes) is 2. The van der Waals surface area contributed by atoms with E-state index in [9.17, 15) is 8.42 Å². The summed E-state index contributed by atoms with van der Waals surface area (Å²) in [5.74, 6) is 1.29. The van der Waals surface area contributed by atoms with Gasteiger partial charge in [-0.25, -0.2) is 8.42 Å². The number of hydrogen-bond donors (Lipinski definition) is 0. The van der Waals surface area contributed by atoms with Crippen molar-refractivity contribution in [2.75, 3.05) is 0 Å². The van der Waals surface area contributed by atoms with Gasteiger partial charge in [0.25, 0.3) is 0 Å². The second kappa shape index (κ2) is 11.5. The molecule has 39 heavy (non-hydrogen) atoms. The highest BCUT2D eigenvalue weighted by molar-refractivity contribution is 9.10. The lowest BCUT2D eigenvalue weighted by atomic mass is 9.65. The Hall–Kier alpha value is -1.91. The zero-order valence-corrected chi connectivity index (χ0v) is 26.4. The molecular formula is C35H43BrO2S. The summed E-state index contributed by atoms with van der Waals surface area (Å²) in [5.41, 5.74) is 6.79. The van der Waals surface area contributed by atoms with E-state index in [0.29, 0.717) is 21.6 Å². The molecule has 2 atom stereocenters. The van der Waals surface area contributed by atoms with E-state index in [4.69, 9.17) is 0 Å². The average molecular weight is 608 g/mol. The monoisotopic (exact) mass is 606 g/mol. The van der Waals surface area contributed by atoms with Crippen molar-refractivity contribution in [3.63, 3.8) is 0 Å². The first-order chi connectivity index (χ1) is 18.8. The van der Waals surface area contributed by atoms with E-state index in [2.05, 4.69) is 74.0 Å². The van der Waals surface area contributed by atoms with Crippen LogP contribution in [0.15, 0.2) is 68.9 Å². The number of benzene rings is 3. The molecule has 1 aliphatic heterocycles. The van der Waals surface area contributed by atoms with Crippen LogP contribution in [-0.4, -0.2) is 8.42 Å². The van der Waals surface area contributed by atoms with Crippen molar-refractivity contribution in [1.82, 2.24) is 0 Å². The Balaban J connectivity index is 1.75. The van der Waals surface area contributed by atoms with Crippen molar-refractivity contribution in [2.24, 2.45) is 11.8 Å². The van der Waals surface area contributed by atoms with Crippen LogP contribution >= 0.6 is 15.9 Å². The van der Waals surface area contributed by atoms with Gasteiger partial charge in [-0.3, -0.25) is 0 Å². The lowest BCUT2D eigenvalue weighted by Crippen LogP contribution is -2.31. The average Bonchev–Trinajstić information content (AvgIpc) is 3.33. The number of halogens is 1. The normalized spacial score (nSPS) is 19.7. The van der Waals surface area contributed by atoms with Crippen molar-refractivity contribution in [1.29, 1.82) is 0 Å². The standard InChI is InChI=1S/C35H43BrO2S/c1-5-9-13-24(7-3)22-35(23-25(8-4)14-10-6-2)31-16-12-11-15-27(31)29-21-34-30(20-32(29)35)28-18-17-26(36)19-33(28)39(34,37)38/h11-12,15-21,24-25H,5-10,13-14,22-23H2,1-4H3. The zero-order valence-electron chi connectivity index (χ0n) is 24.0. The van der Waals surface area contributed by atoms with Crippen LogP contribution in [-0.2, 0) is 15.3 Å². The van der Waals surface area contributed by atoms with Gasteiger partial charge in [0.1, 0.15) is 0 Å². The third kappa shape index (κ3) is 4.95. The second-order valence-electron chi connectivity index (χ2n) is 11.9. The minimum atomic E-state index is -3.56. The number of hydrogen-bond acceptors (Lipinski definition) is 2. The van der Waals surface area contributed by atoms with Gasteiger partial charge in [0.2, 0.25) is 9.84 Å². The third-order valence-electron chi connectivity index (χ3n) is 9.54. The van der Waals surface area contributed by atoms with E-state index in [-0.39, 0.29) is 5.41 Å². The molecule has 0 fully saturated rings. The maximum absolute atomic E-state index is 13.8. The van der Waals surface area contributed by atoms with Gasteiger partial charge in [0.05, 0.1) is 9.79 Å². The molecule has 0 saturated carbocycles. The minimum Gasteiger partial charge on any atom is -0.218 e. The molecule has 0 spiro atoms. The number of fused-ring (bicyclic) bond motifs is 6. The van der Waals surface area contributed by atoms with Gasteiger partial charge in [-0.15, -0.1) is 0 Å². The molecule has 208 valence electrons. The molecule has 0 amide bonds.